The summed E-state index contributed by atoms with van der Waals surface area (Å²) in [7, 11) is 1.71. The molecule has 0 saturated carbocycles. The highest BCUT2D eigenvalue weighted by molar-refractivity contribution is 6.38. The molecule has 0 aliphatic rings. The lowest BCUT2D eigenvalue weighted by Crippen LogP contribution is -2.04. The number of phenolic OH excluding ortho intramolecular Hbond substituents is 1. The van der Waals surface area contributed by atoms with E-state index in [4.69, 9.17) is 11.6 Å². The zero-order valence-electron chi connectivity index (χ0n) is 5.97. The number of rotatable bonds is 1. The van der Waals surface area contributed by atoms with Gasteiger partial charge in [-0.05, 0) is 11.5 Å². The van der Waals surface area contributed by atoms with Crippen LogP contribution in [0.3, 0.4) is 0 Å². The average Bonchev–Trinajstić information content (AvgIpc) is 1.99. The quantitative estimate of drug-likeness (QED) is 0.478. The van der Waals surface area contributed by atoms with E-state index in [-0.39, 0.29) is 16.3 Å². The zero-order valence-corrected chi connectivity index (χ0v) is 6.72. The number of carbonyl (C=O) groups excluding carboxylic acids is 1. The van der Waals surface area contributed by atoms with Crippen molar-refractivity contribution in [2.75, 3.05) is 0 Å². The predicted molar refractivity (Wildman–Crippen MR) is 46.7 cm³/mol. The third-order valence-electron chi connectivity index (χ3n) is 1.48. The van der Waals surface area contributed by atoms with Crippen molar-refractivity contribution in [1.82, 2.24) is 0 Å². The van der Waals surface area contributed by atoms with Crippen molar-refractivity contribution in [2.45, 2.75) is 0 Å². The fourth-order valence-electron chi connectivity index (χ4n) is 0.805. The molecule has 56 valence electrons. The Morgan fingerprint density at radius 1 is 1.55 bits per heavy atom. The smallest absolute Gasteiger partial charge is 0.155 e. The van der Waals surface area contributed by atoms with Gasteiger partial charge in [0.1, 0.15) is 13.6 Å². The van der Waals surface area contributed by atoms with E-state index in [2.05, 4.69) is 0 Å². The van der Waals surface area contributed by atoms with Crippen LogP contribution < -0.4 is 5.46 Å². The summed E-state index contributed by atoms with van der Waals surface area (Å²) in [6, 6.07) is 3.24. The molecule has 11 heavy (non-hydrogen) atoms. The standard InChI is InChI=1S/C7H6BClO2/c8-5-1-2-6(9)4(3-10)7(5)11/h1-3,11H,8H2. The second-order valence-electron chi connectivity index (χ2n) is 2.24. The molecular weight excluding hydrogens is 162 g/mol. The lowest BCUT2D eigenvalue weighted by Gasteiger charge is -2.02. The molecule has 1 aromatic rings. The van der Waals surface area contributed by atoms with E-state index in [0.29, 0.717) is 11.7 Å². The molecule has 0 aliphatic heterocycles. The number of hydrogen-bond donors (Lipinski definition) is 1. The van der Waals surface area contributed by atoms with Crippen molar-refractivity contribution in [3.05, 3.63) is 22.7 Å². The van der Waals surface area contributed by atoms with E-state index < -0.39 is 0 Å². The Labute approximate surface area is 70.2 Å². The van der Waals surface area contributed by atoms with Gasteiger partial charge in [-0.25, -0.2) is 0 Å². The summed E-state index contributed by atoms with van der Waals surface area (Å²) in [5.74, 6) is -0.0347. The minimum absolute atomic E-state index is 0.0347. The molecular formula is C7H6BClO2. The van der Waals surface area contributed by atoms with E-state index in [0.717, 1.165) is 0 Å². The van der Waals surface area contributed by atoms with Gasteiger partial charge >= 0.3 is 0 Å². The maximum absolute atomic E-state index is 10.4. The second kappa shape index (κ2) is 2.97. The van der Waals surface area contributed by atoms with Crippen LogP contribution in [0.5, 0.6) is 5.75 Å². The Morgan fingerprint density at radius 2 is 2.18 bits per heavy atom. The first-order valence-electron chi connectivity index (χ1n) is 3.10. The first-order valence-corrected chi connectivity index (χ1v) is 3.48. The summed E-state index contributed by atoms with van der Waals surface area (Å²) in [6.45, 7) is 0. The fraction of sp³-hybridized carbons (Fsp3) is 0. The molecule has 0 aliphatic carbocycles. The molecule has 0 fully saturated rings. The number of aromatic hydroxyl groups is 1. The lowest BCUT2D eigenvalue weighted by molar-refractivity contribution is 0.112. The van der Waals surface area contributed by atoms with Gasteiger partial charge in [0.05, 0.1) is 10.6 Å². The Hall–Kier alpha value is -0.955. The monoisotopic (exact) mass is 168 g/mol. The molecule has 1 rings (SSSR count). The van der Waals surface area contributed by atoms with Gasteiger partial charge in [0.2, 0.25) is 0 Å². The summed E-state index contributed by atoms with van der Waals surface area (Å²) < 4.78 is 0. The van der Waals surface area contributed by atoms with Crippen molar-refractivity contribution < 1.29 is 9.90 Å². The van der Waals surface area contributed by atoms with Crippen molar-refractivity contribution in [3.8, 4) is 5.75 Å². The van der Waals surface area contributed by atoms with Gasteiger partial charge in [-0.3, -0.25) is 4.79 Å². The molecule has 0 aromatic heterocycles. The largest absolute Gasteiger partial charge is 0.508 e. The van der Waals surface area contributed by atoms with Gasteiger partial charge in [-0.1, -0.05) is 17.7 Å². The van der Waals surface area contributed by atoms with Gasteiger partial charge in [-0.15, -0.1) is 0 Å². The number of benzene rings is 1. The summed E-state index contributed by atoms with van der Waals surface area (Å²) in [6.07, 6.45) is 0.546. The zero-order chi connectivity index (χ0) is 8.43. The van der Waals surface area contributed by atoms with Crippen LogP contribution in [-0.2, 0) is 0 Å². The summed E-state index contributed by atoms with van der Waals surface area (Å²) in [5, 5.41) is 9.54. The maximum Gasteiger partial charge on any atom is 0.155 e. The first kappa shape index (κ1) is 8.14. The third-order valence-corrected chi connectivity index (χ3v) is 1.81. The Bertz CT molecular complexity index is 299. The SMILES string of the molecule is Bc1ccc(Cl)c(C=O)c1O. The van der Waals surface area contributed by atoms with Gasteiger partial charge in [-0.2, -0.15) is 0 Å². The van der Waals surface area contributed by atoms with E-state index in [9.17, 15) is 9.90 Å². The van der Waals surface area contributed by atoms with Crippen LogP contribution in [0.1, 0.15) is 10.4 Å². The number of hydrogen-bond acceptors (Lipinski definition) is 2. The number of phenols is 1. The lowest BCUT2D eigenvalue weighted by atomic mass is 9.93. The van der Waals surface area contributed by atoms with Gasteiger partial charge < -0.3 is 5.11 Å². The molecule has 0 atom stereocenters. The van der Waals surface area contributed by atoms with Crippen LogP contribution in [-0.4, -0.2) is 19.2 Å². The average molecular weight is 168 g/mol. The van der Waals surface area contributed by atoms with Crippen molar-refractivity contribution >= 4 is 31.2 Å². The Kier molecular flexibility index (Phi) is 2.20. The van der Waals surface area contributed by atoms with Crippen LogP contribution in [0.4, 0.5) is 0 Å². The van der Waals surface area contributed by atoms with E-state index in [1.54, 1.807) is 20.0 Å². The van der Waals surface area contributed by atoms with E-state index >= 15 is 0 Å². The van der Waals surface area contributed by atoms with Crippen LogP contribution in [0, 0.1) is 0 Å². The van der Waals surface area contributed by atoms with Gasteiger partial charge in [0.25, 0.3) is 0 Å². The molecule has 0 amide bonds. The molecule has 2 nitrogen and oxygen atoms in total. The Morgan fingerprint density at radius 3 is 2.64 bits per heavy atom. The molecule has 0 unspecified atom stereocenters. The second-order valence-corrected chi connectivity index (χ2v) is 2.65. The van der Waals surface area contributed by atoms with Crippen LogP contribution in [0.2, 0.25) is 5.02 Å². The predicted octanol–water partition coefficient (Wildman–Crippen LogP) is 0.116. The van der Waals surface area contributed by atoms with Crippen LogP contribution in [0.25, 0.3) is 0 Å². The molecule has 0 bridgehead atoms. The minimum atomic E-state index is -0.0347. The maximum atomic E-state index is 10.4. The van der Waals surface area contributed by atoms with Crippen LogP contribution >= 0.6 is 11.6 Å². The molecule has 1 aromatic carbocycles. The summed E-state index contributed by atoms with van der Waals surface area (Å²) >= 11 is 5.61. The number of carbonyl (C=O) groups is 1. The molecule has 0 heterocycles. The number of aldehydes is 1. The highest BCUT2D eigenvalue weighted by atomic mass is 35.5. The van der Waals surface area contributed by atoms with Gasteiger partial charge in [0.15, 0.2) is 6.29 Å². The summed E-state index contributed by atoms with van der Waals surface area (Å²) in [5.41, 5.74) is 0.808. The van der Waals surface area contributed by atoms with E-state index in [1.807, 2.05) is 0 Å². The fourth-order valence-corrected chi connectivity index (χ4v) is 1.00. The Balaban J connectivity index is 3.40. The minimum Gasteiger partial charge on any atom is -0.508 e. The highest BCUT2D eigenvalue weighted by Crippen LogP contribution is 2.20. The molecule has 0 radical (unpaired) electrons. The van der Waals surface area contributed by atoms with Gasteiger partial charge in [0, 0.05) is 0 Å². The van der Waals surface area contributed by atoms with Crippen LogP contribution in [0.15, 0.2) is 12.1 Å². The molecule has 0 saturated heterocycles. The highest BCUT2D eigenvalue weighted by Gasteiger charge is 2.06. The van der Waals surface area contributed by atoms with E-state index in [1.165, 1.54) is 0 Å². The van der Waals surface area contributed by atoms with Crippen molar-refractivity contribution in [1.29, 1.82) is 0 Å². The van der Waals surface area contributed by atoms with Crippen molar-refractivity contribution in [3.63, 3.8) is 0 Å². The van der Waals surface area contributed by atoms with Crippen molar-refractivity contribution in [2.24, 2.45) is 0 Å². The molecule has 1 N–H and O–H groups in total. The molecule has 4 heteroatoms. The first-order chi connectivity index (χ1) is 5.16. The summed E-state index contributed by atoms with van der Waals surface area (Å²) in [4.78, 5) is 10.4. The molecule has 0 spiro atoms. The third kappa shape index (κ3) is 1.38. The number of halogens is 1. The topological polar surface area (TPSA) is 37.3 Å². The normalized spacial score (nSPS) is 9.55.